The summed E-state index contributed by atoms with van der Waals surface area (Å²) < 4.78 is 0. The molecule has 4 amide bonds. The smallest absolute Gasteiger partial charge is 0.262 e. The monoisotopic (exact) mass is 439 g/mol. The number of nitrogens with one attached hydrogen (secondary N) is 1. The van der Waals surface area contributed by atoms with Crippen molar-refractivity contribution in [3.8, 4) is 0 Å². The minimum Gasteiger partial charge on any atom is -0.371 e. The van der Waals surface area contributed by atoms with Crippen molar-refractivity contribution in [2.75, 3.05) is 51.2 Å². The summed E-state index contributed by atoms with van der Waals surface area (Å²) in [7, 11) is 2.17. The Hall–Kier alpha value is -2.78. The third-order valence-corrected chi connectivity index (χ3v) is 7.31. The third kappa shape index (κ3) is 3.69. The molecule has 9 nitrogen and oxygen atoms in total. The first-order chi connectivity index (χ1) is 15.4. The number of imide groups is 2. The Labute approximate surface area is 187 Å². The molecule has 170 valence electrons. The summed E-state index contributed by atoms with van der Waals surface area (Å²) in [4.78, 5) is 57.9. The number of nitrogens with zero attached hydrogens (tertiary/aromatic N) is 4. The van der Waals surface area contributed by atoms with Gasteiger partial charge in [0.2, 0.25) is 11.8 Å². The molecule has 0 aliphatic carbocycles. The van der Waals surface area contributed by atoms with Crippen molar-refractivity contribution in [3.63, 3.8) is 0 Å². The molecule has 1 unspecified atom stereocenters. The van der Waals surface area contributed by atoms with Crippen LogP contribution in [0.15, 0.2) is 18.2 Å². The highest BCUT2D eigenvalue weighted by molar-refractivity contribution is 6.23. The lowest BCUT2D eigenvalue weighted by Gasteiger charge is -2.42. The fourth-order valence-electron chi connectivity index (χ4n) is 5.33. The molecule has 0 spiro atoms. The Morgan fingerprint density at radius 3 is 2.22 bits per heavy atom. The number of rotatable bonds is 3. The summed E-state index contributed by atoms with van der Waals surface area (Å²) in [6.45, 7) is 6.29. The van der Waals surface area contributed by atoms with Crippen molar-refractivity contribution in [2.24, 2.45) is 0 Å². The maximum atomic E-state index is 13.1. The van der Waals surface area contributed by atoms with E-state index >= 15 is 0 Å². The Morgan fingerprint density at radius 2 is 1.53 bits per heavy atom. The molecule has 0 radical (unpaired) electrons. The molecule has 0 aromatic heterocycles. The van der Waals surface area contributed by atoms with Crippen molar-refractivity contribution >= 4 is 29.3 Å². The van der Waals surface area contributed by atoms with Gasteiger partial charge in [0.25, 0.3) is 11.8 Å². The van der Waals surface area contributed by atoms with Gasteiger partial charge in [0.15, 0.2) is 0 Å². The van der Waals surface area contributed by atoms with Gasteiger partial charge in [0, 0.05) is 57.4 Å². The zero-order chi connectivity index (χ0) is 22.4. The molecule has 1 aromatic rings. The van der Waals surface area contributed by atoms with E-state index in [1.807, 2.05) is 6.07 Å². The average Bonchev–Trinajstić information content (AvgIpc) is 3.04. The van der Waals surface area contributed by atoms with E-state index in [2.05, 4.69) is 27.1 Å². The predicted molar refractivity (Wildman–Crippen MR) is 117 cm³/mol. The van der Waals surface area contributed by atoms with Crippen LogP contribution in [0.4, 0.5) is 5.69 Å². The van der Waals surface area contributed by atoms with Gasteiger partial charge in [-0.3, -0.25) is 34.3 Å². The van der Waals surface area contributed by atoms with E-state index in [0.717, 1.165) is 62.7 Å². The Bertz CT molecular complexity index is 963. The van der Waals surface area contributed by atoms with E-state index in [4.69, 9.17) is 0 Å². The molecule has 3 saturated heterocycles. The largest absolute Gasteiger partial charge is 0.371 e. The van der Waals surface area contributed by atoms with Crippen LogP contribution in [0.3, 0.4) is 0 Å². The first-order valence-electron chi connectivity index (χ1n) is 11.5. The number of carbonyl (C=O) groups is 4. The topological polar surface area (TPSA) is 93.3 Å². The molecule has 5 rings (SSSR count). The summed E-state index contributed by atoms with van der Waals surface area (Å²) in [5, 5.41) is 2.23. The van der Waals surface area contributed by atoms with E-state index in [9.17, 15) is 19.2 Å². The van der Waals surface area contributed by atoms with Crippen molar-refractivity contribution in [1.82, 2.24) is 20.0 Å². The van der Waals surface area contributed by atoms with Crippen molar-refractivity contribution in [1.29, 1.82) is 0 Å². The first kappa shape index (κ1) is 21.1. The van der Waals surface area contributed by atoms with Crippen LogP contribution in [0.1, 0.15) is 46.4 Å². The van der Waals surface area contributed by atoms with E-state index in [0.29, 0.717) is 17.2 Å². The number of likely N-dealkylation sites (N-methyl/N-ethyl adjacent to an activating group) is 1. The first-order valence-corrected chi connectivity index (χ1v) is 11.5. The van der Waals surface area contributed by atoms with E-state index < -0.39 is 23.8 Å². The number of anilines is 1. The molecule has 4 heterocycles. The van der Waals surface area contributed by atoms with Gasteiger partial charge in [-0.15, -0.1) is 0 Å². The lowest BCUT2D eigenvalue weighted by Crippen LogP contribution is -2.54. The Kier molecular flexibility index (Phi) is 5.46. The number of piperidine rings is 2. The number of hydrogen-bond acceptors (Lipinski definition) is 7. The number of amides is 4. The molecular weight excluding hydrogens is 410 g/mol. The van der Waals surface area contributed by atoms with Gasteiger partial charge in [-0.1, -0.05) is 0 Å². The van der Waals surface area contributed by atoms with Crippen molar-refractivity contribution < 1.29 is 19.2 Å². The van der Waals surface area contributed by atoms with Crippen LogP contribution < -0.4 is 10.2 Å². The highest BCUT2D eigenvalue weighted by atomic mass is 16.2. The molecule has 1 atom stereocenters. The van der Waals surface area contributed by atoms with Crippen molar-refractivity contribution in [2.45, 2.75) is 37.8 Å². The van der Waals surface area contributed by atoms with Gasteiger partial charge in [0.1, 0.15) is 6.04 Å². The Balaban J connectivity index is 1.27. The number of carbonyl (C=O) groups excluding carboxylic acids is 4. The van der Waals surface area contributed by atoms with Crippen LogP contribution in [-0.2, 0) is 9.59 Å². The zero-order valence-electron chi connectivity index (χ0n) is 18.4. The van der Waals surface area contributed by atoms with Crippen LogP contribution in [-0.4, -0.2) is 96.7 Å². The molecule has 0 saturated carbocycles. The Morgan fingerprint density at radius 1 is 0.844 bits per heavy atom. The molecular formula is C23H29N5O4. The number of benzene rings is 1. The van der Waals surface area contributed by atoms with E-state index in [-0.39, 0.29) is 18.7 Å². The van der Waals surface area contributed by atoms with Crippen LogP contribution >= 0.6 is 0 Å². The number of piperazine rings is 1. The second kappa shape index (κ2) is 8.29. The molecule has 1 aromatic carbocycles. The fraction of sp³-hybridized carbons (Fsp3) is 0.565. The van der Waals surface area contributed by atoms with E-state index in [1.54, 1.807) is 12.1 Å². The summed E-state index contributed by atoms with van der Waals surface area (Å²) in [6.07, 6.45) is 2.45. The quantitative estimate of drug-likeness (QED) is 0.678. The summed E-state index contributed by atoms with van der Waals surface area (Å²) >= 11 is 0. The SMILES string of the molecule is CN1CCN(C2CCN(c3ccc4c(c3)C(=O)N(C3CCC(=O)NC3=O)C4=O)CC2)CC1. The highest BCUT2D eigenvalue weighted by Gasteiger charge is 2.44. The summed E-state index contributed by atoms with van der Waals surface area (Å²) in [6, 6.07) is 5.05. The van der Waals surface area contributed by atoms with Crippen molar-refractivity contribution in [3.05, 3.63) is 29.3 Å². The normalized spacial score (nSPS) is 26.0. The van der Waals surface area contributed by atoms with Crippen LogP contribution in [0.5, 0.6) is 0 Å². The minimum absolute atomic E-state index is 0.122. The number of hydrogen-bond donors (Lipinski definition) is 1. The average molecular weight is 440 g/mol. The summed E-state index contributed by atoms with van der Waals surface area (Å²) in [5.41, 5.74) is 1.61. The second-order valence-corrected chi connectivity index (χ2v) is 9.23. The fourth-order valence-corrected chi connectivity index (χ4v) is 5.33. The lowest BCUT2D eigenvalue weighted by atomic mass is 10.0. The molecule has 32 heavy (non-hydrogen) atoms. The predicted octanol–water partition coefficient (Wildman–Crippen LogP) is 0.304. The third-order valence-electron chi connectivity index (χ3n) is 7.31. The summed E-state index contributed by atoms with van der Waals surface area (Å²) in [5.74, 6) is -1.86. The van der Waals surface area contributed by atoms with Crippen LogP contribution in [0.2, 0.25) is 0 Å². The molecule has 0 bridgehead atoms. The maximum absolute atomic E-state index is 13.1. The molecule has 9 heteroatoms. The molecule has 3 fully saturated rings. The van der Waals surface area contributed by atoms with Crippen LogP contribution in [0, 0.1) is 0 Å². The second-order valence-electron chi connectivity index (χ2n) is 9.23. The van der Waals surface area contributed by atoms with Gasteiger partial charge in [-0.2, -0.15) is 0 Å². The lowest BCUT2D eigenvalue weighted by molar-refractivity contribution is -0.136. The van der Waals surface area contributed by atoms with Crippen LogP contribution in [0.25, 0.3) is 0 Å². The van der Waals surface area contributed by atoms with Gasteiger partial charge in [-0.25, -0.2) is 0 Å². The van der Waals surface area contributed by atoms with Gasteiger partial charge in [0.05, 0.1) is 11.1 Å². The molecule has 1 N–H and O–H groups in total. The highest BCUT2D eigenvalue weighted by Crippen LogP contribution is 2.32. The van der Waals surface area contributed by atoms with Gasteiger partial charge >= 0.3 is 0 Å². The zero-order valence-corrected chi connectivity index (χ0v) is 18.4. The molecule has 4 aliphatic rings. The van der Waals surface area contributed by atoms with Gasteiger partial charge in [-0.05, 0) is 44.5 Å². The van der Waals surface area contributed by atoms with Gasteiger partial charge < -0.3 is 9.80 Å². The number of fused-ring (bicyclic) bond motifs is 1. The maximum Gasteiger partial charge on any atom is 0.262 e. The standard InChI is InChI=1S/C23H29N5O4/c1-25-10-12-27(13-11-25)15-6-8-26(9-7-15)16-2-3-17-18(14-16)23(32)28(22(17)31)19-4-5-20(29)24-21(19)30/h2-3,14-15,19H,4-13H2,1H3,(H,24,29,30). The minimum atomic E-state index is -0.928. The van der Waals surface area contributed by atoms with E-state index in [1.165, 1.54) is 0 Å². The molecule has 4 aliphatic heterocycles.